The van der Waals surface area contributed by atoms with Crippen molar-refractivity contribution in [2.45, 2.75) is 104 Å². The van der Waals surface area contributed by atoms with Gasteiger partial charge in [-0.05, 0) is 0 Å². The van der Waals surface area contributed by atoms with E-state index in [0.29, 0.717) is 14.5 Å². The molecule has 3 rings (SSSR count). The standard InChI is InChI=1S/C28H40S2Se/c1-3-5-7-9-11-13-15-23-17-20-29-26(23)25-19-22-31-28(25)27-24(18-21-30-27)16-14-12-10-8-6-4-2/h17-22H,3-16H2,1-2H3. The van der Waals surface area contributed by atoms with Crippen LogP contribution in [0.15, 0.2) is 33.9 Å². The Morgan fingerprint density at radius 3 is 1.74 bits per heavy atom. The van der Waals surface area contributed by atoms with Crippen LogP contribution < -0.4 is 0 Å². The van der Waals surface area contributed by atoms with E-state index < -0.39 is 0 Å². The Morgan fingerprint density at radius 1 is 0.613 bits per heavy atom. The average molecular weight is 520 g/mol. The van der Waals surface area contributed by atoms with E-state index in [4.69, 9.17) is 0 Å². The molecule has 3 aromatic rings. The molecule has 0 saturated carbocycles. The summed E-state index contributed by atoms with van der Waals surface area (Å²) in [6.45, 7) is 4.60. The summed E-state index contributed by atoms with van der Waals surface area (Å²) in [5.41, 5.74) is 4.74. The van der Waals surface area contributed by atoms with Crippen LogP contribution in [0.2, 0.25) is 0 Å². The van der Waals surface area contributed by atoms with Gasteiger partial charge in [0.05, 0.1) is 0 Å². The molecule has 3 heterocycles. The summed E-state index contributed by atoms with van der Waals surface area (Å²) in [6, 6.07) is 7.22. The van der Waals surface area contributed by atoms with Crippen molar-refractivity contribution in [2.75, 3.05) is 0 Å². The van der Waals surface area contributed by atoms with E-state index >= 15 is 0 Å². The van der Waals surface area contributed by atoms with Crippen LogP contribution in [0.3, 0.4) is 0 Å². The van der Waals surface area contributed by atoms with Crippen LogP contribution in [0.1, 0.15) is 102 Å². The second-order valence-electron chi connectivity index (χ2n) is 8.75. The van der Waals surface area contributed by atoms with E-state index in [1.54, 1.807) is 30.9 Å². The molecule has 31 heavy (non-hydrogen) atoms. The van der Waals surface area contributed by atoms with Gasteiger partial charge >= 0.3 is 206 Å². The summed E-state index contributed by atoms with van der Waals surface area (Å²) in [5.74, 6) is 0. The fourth-order valence-electron chi connectivity index (χ4n) is 4.36. The molecule has 0 radical (unpaired) electrons. The molecule has 0 saturated heterocycles. The van der Waals surface area contributed by atoms with E-state index in [0.717, 1.165) is 0 Å². The number of hydrogen-bond acceptors (Lipinski definition) is 2. The van der Waals surface area contributed by atoms with Gasteiger partial charge in [0.15, 0.2) is 0 Å². The molecule has 0 amide bonds. The number of thiophene rings is 2. The first-order valence-corrected chi connectivity index (χ1v) is 16.2. The maximum absolute atomic E-state index is 2.44. The zero-order valence-corrected chi connectivity index (χ0v) is 22.9. The van der Waals surface area contributed by atoms with Crippen molar-refractivity contribution >= 4 is 37.2 Å². The minimum atomic E-state index is 0.484. The zero-order valence-electron chi connectivity index (χ0n) is 19.6. The number of hydrogen-bond donors (Lipinski definition) is 0. The van der Waals surface area contributed by atoms with Crippen molar-refractivity contribution in [1.29, 1.82) is 0 Å². The van der Waals surface area contributed by atoms with Crippen LogP contribution in [-0.2, 0) is 12.8 Å². The van der Waals surface area contributed by atoms with Crippen LogP contribution >= 0.6 is 22.7 Å². The summed E-state index contributed by atoms with van der Waals surface area (Å²) in [5, 5.41) is 4.64. The van der Waals surface area contributed by atoms with Crippen molar-refractivity contribution in [1.82, 2.24) is 0 Å². The second-order valence-corrected chi connectivity index (χ2v) is 12.5. The number of unbranched alkanes of at least 4 members (excludes halogenated alkanes) is 10. The van der Waals surface area contributed by atoms with Gasteiger partial charge < -0.3 is 0 Å². The summed E-state index contributed by atoms with van der Waals surface area (Å²) < 4.78 is 1.65. The molecule has 0 aromatic carbocycles. The minimum absolute atomic E-state index is 0.484. The van der Waals surface area contributed by atoms with E-state index in [9.17, 15) is 0 Å². The Morgan fingerprint density at radius 2 is 1.13 bits per heavy atom. The second kappa shape index (κ2) is 14.5. The van der Waals surface area contributed by atoms with Crippen molar-refractivity contribution in [2.24, 2.45) is 0 Å². The summed E-state index contributed by atoms with van der Waals surface area (Å²) in [4.78, 5) is 5.59. The molecule has 0 bridgehead atoms. The SMILES string of the molecule is CCCCCCCCc1ccsc1-c1cc[se]c1-c1sccc1CCCCCCCC. The van der Waals surface area contributed by atoms with Gasteiger partial charge in [-0.2, -0.15) is 0 Å². The van der Waals surface area contributed by atoms with Crippen LogP contribution in [0.25, 0.3) is 19.8 Å². The Kier molecular flexibility index (Phi) is 11.7. The van der Waals surface area contributed by atoms with Gasteiger partial charge in [-0.3, -0.25) is 0 Å². The van der Waals surface area contributed by atoms with Gasteiger partial charge in [-0.25, -0.2) is 0 Å². The maximum atomic E-state index is 2.44. The molecule has 3 heteroatoms. The molecule has 0 fully saturated rings. The first-order valence-electron chi connectivity index (χ1n) is 12.6. The molecule has 0 nitrogen and oxygen atoms in total. The molecule has 0 N–H and O–H groups in total. The summed E-state index contributed by atoms with van der Waals surface area (Å²) >= 11 is 4.42. The fraction of sp³-hybridized carbons (Fsp3) is 0.571. The third kappa shape index (κ3) is 7.74. The van der Waals surface area contributed by atoms with Crippen LogP contribution in [-0.4, -0.2) is 14.5 Å². The van der Waals surface area contributed by atoms with Gasteiger partial charge in [0, 0.05) is 0 Å². The number of aryl methyl sites for hydroxylation is 2. The van der Waals surface area contributed by atoms with Gasteiger partial charge in [0.25, 0.3) is 0 Å². The molecule has 0 unspecified atom stereocenters. The Bertz CT molecular complexity index is 785. The van der Waals surface area contributed by atoms with Crippen molar-refractivity contribution in [3.05, 3.63) is 45.0 Å². The Hall–Kier alpha value is -0.601. The molecular weight excluding hydrogens is 479 g/mol. The van der Waals surface area contributed by atoms with E-state index in [1.165, 1.54) is 89.9 Å². The quantitative estimate of drug-likeness (QED) is 0.130. The summed E-state index contributed by atoms with van der Waals surface area (Å²) in [7, 11) is 0. The molecule has 3 aromatic heterocycles. The normalized spacial score (nSPS) is 11.4. The molecule has 0 spiro atoms. The predicted molar refractivity (Wildman–Crippen MR) is 144 cm³/mol. The third-order valence-electron chi connectivity index (χ3n) is 6.21. The Labute approximate surface area is 204 Å². The first kappa shape index (κ1) is 25.0. The van der Waals surface area contributed by atoms with Crippen LogP contribution in [0.5, 0.6) is 0 Å². The van der Waals surface area contributed by atoms with Gasteiger partial charge in [0.2, 0.25) is 0 Å². The third-order valence-corrected chi connectivity index (χ3v) is 10.4. The topological polar surface area (TPSA) is 0 Å². The molecule has 0 aliphatic rings. The first-order chi connectivity index (χ1) is 15.3. The fourth-order valence-corrected chi connectivity index (χ4v) is 8.79. The van der Waals surface area contributed by atoms with Gasteiger partial charge in [0.1, 0.15) is 0 Å². The zero-order chi connectivity index (χ0) is 21.7. The van der Waals surface area contributed by atoms with E-state index in [-0.39, 0.29) is 0 Å². The van der Waals surface area contributed by atoms with Crippen molar-refractivity contribution in [3.63, 3.8) is 0 Å². The molecule has 170 valence electrons. The molecule has 0 atom stereocenters. The van der Waals surface area contributed by atoms with Crippen LogP contribution in [0.4, 0.5) is 0 Å². The predicted octanol–water partition coefficient (Wildman–Crippen LogP) is 10.0. The average Bonchev–Trinajstić information content (AvgIpc) is 3.52. The molecule has 0 aliphatic heterocycles. The van der Waals surface area contributed by atoms with Crippen LogP contribution in [0, 0.1) is 0 Å². The Balaban J connectivity index is 1.61. The molecular formula is C28H40S2Se. The number of rotatable bonds is 16. The van der Waals surface area contributed by atoms with Gasteiger partial charge in [-0.1, -0.05) is 0 Å². The monoisotopic (exact) mass is 520 g/mol. The van der Waals surface area contributed by atoms with Crippen molar-refractivity contribution in [3.8, 4) is 19.8 Å². The molecule has 0 aliphatic carbocycles. The van der Waals surface area contributed by atoms with Gasteiger partial charge in [-0.15, -0.1) is 0 Å². The summed E-state index contributed by atoms with van der Waals surface area (Å²) in [6.07, 6.45) is 19.1. The van der Waals surface area contributed by atoms with E-state index in [1.807, 2.05) is 22.7 Å². The van der Waals surface area contributed by atoms with E-state index in [2.05, 4.69) is 47.7 Å². The van der Waals surface area contributed by atoms with Crippen molar-refractivity contribution < 1.29 is 0 Å².